The van der Waals surface area contributed by atoms with E-state index in [0.717, 1.165) is 31.2 Å². The quantitative estimate of drug-likeness (QED) is 0.306. The Hall–Kier alpha value is -3.07. The van der Waals surface area contributed by atoms with E-state index in [2.05, 4.69) is 34.9 Å². The zero-order chi connectivity index (χ0) is 25.8. The maximum Gasteiger partial charge on any atom is 0.246 e. The molecule has 196 valence electrons. The average Bonchev–Trinajstić information content (AvgIpc) is 2.87. The molecule has 2 rings (SSSR count). The van der Waals surface area contributed by atoms with Gasteiger partial charge in [-0.15, -0.1) is 0 Å². The Morgan fingerprint density at radius 1 is 0.694 bits per heavy atom. The molecule has 36 heavy (non-hydrogen) atoms. The third-order valence-electron chi connectivity index (χ3n) is 5.40. The highest BCUT2D eigenvalue weighted by Crippen LogP contribution is 2.11. The monoisotopic (exact) mass is 498 g/mol. The molecule has 0 aromatic heterocycles. The molecule has 0 radical (unpaired) electrons. The van der Waals surface area contributed by atoms with Crippen molar-refractivity contribution in [1.29, 1.82) is 0 Å². The SMILES string of the molecule is COCCOCCOCC(=O)NCCC(=O)NC(=O)Cc1ccc(CCCCc2ccccc2)cc1. The van der Waals surface area contributed by atoms with E-state index in [1.807, 2.05) is 30.3 Å². The molecule has 0 aliphatic rings. The van der Waals surface area contributed by atoms with Gasteiger partial charge in [0, 0.05) is 20.1 Å². The highest BCUT2D eigenvalue weighted by Gasteiger charge is 2.10. The van der Waals surface area contributed by atoms with E-state index in [1.165, 1.54) is 11.1 Å². The highest BCUT2D eigenvalue weighted by atomic mass is 16.5. The second-order valence-electron chi connectivity index (χ2n) is 8.42. The number of amides is 3. The molecule has 8 heteroatoms. The first kappa shape index (κ1) is 29.2. The maximum atomic E-state index is 12.2. The first-order chi connectivity index (χ1) is 17.6. The lowest BCUT2D eigenvalue weighted by Crippen LogP contribution is -2.36. The van der Waals surface area contributed by atoms with E-state index in [0.29, 0.717) is 26.4 Å². The van der Waals surface area contributed by atoms with Crippen molar-refractivity contribution in [3.8, 4) is 0 Å². The topological polar surface area (TPSA) is 103 Å². The minimum Gasteiger partial charge on any atom is -0.382 e. The predicted octanol–water partition coefficient (Wildman–Crippen LogP) is 2.62. The summed E-state index contributed by atoms with van der Waals surface area (Å²) >= 11 is 0. The zero-order valence-corrected chi connectivity index (χ0v) is 21.1. The van der Waals surface area contributed by atoms with Crippen molar-refractivity contribution in [2.24, 2.45) is 0 Å². The van der Waals surface area contributed by atoms with Gasteiger partial charge in [-0.1, -0.05) is 54.6 Å². The minimum atomic E-state index is -0.428. The van der Waals surface area contributed by atoms with Gasteiger partial charge in [-0.2, -0.15) is 0 Å². The number of unbranched alkanes of at least 4 members (excludes halogenated alkanes) is 1. The third-order valence-corrected chi connectivity index (χ3v) is 5.40. The lowest BCUT2D eigenvalue weighted by Gasteiger charge is -2.08. The molecule has 0 fully saturated rings. The molecule has 0 aliphatic heterocycles. The van der Waals surface area contributed by atoms with Gasteiger partial charge < -0.3 is 19.5 Å². The van der Waals surface area contributed by atoms with Crippen LogP contribution in [0.25, 0.3) is 0 Å². The number of imide groups is 1. The van der Waals surface area contributed by atoms with Crippen LogP contribution in [-0.4, -0.2) is 64.4 Å². The summed E-state index contributed by atoms with van der Waals surface area (Å²) in [6, 6.07) is 18.4. The van der Waals surface area contributed by atoms with E-state index >= 15 is 0 Å². The number of ether oxygens (including phenoxy) is 3. The summed E-state index contributed by atoms with van der Waals surface area (Å²) < 4.78 is 15.3. The largest absolute Gasteiger partial charge is 0.382 e. The summed E-state index contributed by atoms with van der Waals surface area (Å²) in [6.07, 6.45) is 4.46. The van der Waals surface area contributed by atoms with Gasteiger partial charge in [0.1, 0.15) is 6.61 Å². The van der Waals surface area contributed by atoms with Gasteiger partial charge in [0.15, 0.2) is 0 Å². The molecular formula is C28H38N2O6. The van der Waals surface area contributed by atoms with E-state index < -0.39 is 5.91 Å². The fraction of sp³-hybridized carbons (Fsp3) is 0.464. The Morgan fingerprint density at radius 3 is 2.00 bits per heavy atom. The van der Waals surface area contributed by atoms with Gasteiger partial charge in [0.05, 0.1) is 32.8 Å². The van der Waals surface area contributed by atoms with Crippen molar-refractivity contribution < 1.29 is 28.6 Å². The van der Waals surface area contributed by atoms with Crippen LogP contribution in [0.2, 0.25) is 0 Å². The third kappa shape index (κ3) is 13.7. The summed E-state index contributed by atoms with van der Waals surface area (Å²) in [5.41, 5.74) is 3.45. The normalized spacial score (nSPS) is 10.7. The van der Waals surface area contributed by atoms with Crippen molar-refractivity contribution in [2.75, 3.05) is 46.7 Å². The van der Waals surface area contributed by atoms with Gasteiger partial charge >= 0.3 is 0 Å². The van der Waals surface area contributed by atoms with Crippen LogP contribution >= 0.6 is 0 Å². The molecule has 0 atom stereocenters. The number of nitrogens with one attached hydrogen (secondary N) is 2. The van der Waals surface area contributed by atoms with Gasteiger partial charge in [-0.3, -0.25) is 19.7 Å². The van der Waals surface area contributed by atoms with E-state index in [1.54, 1.807) is 7.11 Å². The Balaban J connectivity index is 1.52. The number of benzene rings is 2. The van der Waals surface area contributed by atoms with Crippen LogP contribution in [0.1, 0.15) is 36.0 Å². The number of methoxy groups -OCH3 is 1. The molecule has 0 heterocycles. The second-order valence-corrected chi connectivity index (χ2v) is 8.42. The van der Waals surface area contributed by atoms with Crippen LogP contribution in [0.4, 0.5) is 0 Å². The molecule has 0 aliphatic carbocycles. The Labute approximate surface area is 213 Å². The summed E-state index contributed by atoms with van der Waals surface area (Å²) in [5.74, 6) is -1.12. The first-order valence-electron chi connectivity index (χ1n) is 12.4. The summed E-state index contributed by atoms with van der Waals surface area (Å²) in [4.78, 5) is 35.8. The second kappa shape index (κ2) is 18.2. The van der Waals surface area contributed by atoms with Crippen LogP contribution in [0, 0.1) is 0 Å². The lowest BCUT2D eigenvalue weighted by molar-refractivity contribution is -0.130. The van der Waals surface area contributed by atoms with Crippen LogP contribution in [0.5, 0.6) is 0 Å². The van der Waals surface area contributed by atoms with Crippen LogP contribution < -0.4 is 10.6 Å². The van der Waals surface area contributed by atoms with Crippen LogP contribution in [0.3, 0.4) is 0 Å². The van der Waals surface area contributed by atoms with E-state index in [4.69, 9.17) is 14.2 Å². The summed E-state index contributed by atoms with van der Waals surface area (Å²) in [5, 5.41) is 4.95. The molecule has 3 amide bonds. The first-order valence-corrected chi connectivity index (χ1v) is 12.4. The standard InChI is InChI=1S/C28H38N2O6/c1-34-17-18-35-19-20-36-22-28(33)29-16-15-26(31)30-27(32)21-25-13-11-24(12-14-25)10-6-5-9-23-7-3-2-4-8-23/h2-4,7-8,11-14H,5-6,9-10,15-22H2,1H3,(H,29,33)(H,30,31,32). The number of hydrogen-bond acceptors (Lipinski definition) is 6. The molecular weight excluding hydrogens is 460 g/mol. The van der Waals surface area contributed by atoms with Crippen molar-refractivity contribution in [3.05, 3.63) is 71.3 Å². The van der Waals surface area contributed by atoms with Gasteiger partial charge in [-0.25, -0.2) is 0 Å². The number of rotatable bonds is 18. The Kier molecular flexibility index (Phi) is 14.8. The molecule has 2 aromatic rings. The molecule has 0 saturated carbocycles. The molecule has 0 saturated heterocycles. The fourth-order valence-electron chi connectivity index (χ4n) is 3.47. The Bertz CT molecular complexity index is 902. The van der Waals surface area contributed by atoms with Gasteiger partial charge in [0.2, 0.25) is 17.7 Å². The maximum absolute atomic E-state index is 12.2. The Morgan fingerprint density at radius 2 is 1.31 bits per heavy atom. The zero-order valence-electron chi connectivity index (χ0n) is 21.1. The number of carbonyl (C=O) groups is 3. The number of aryl methyl sites for hydroxylation is 2. The number of hydrogen-bond donors (Lipinski definition) is 2. The average molecular weight is 499 g/mol. The van der Waals surface area contributed by atoms with E-state index in [-0.39, 0.29) is 37.8 Å². The van der Waals surface area contributed by atoms with Crippen molar-refractivity contribution in [2.45, 2.75) is 38.5 Å². The summed E-state index contributed by atoms with van der Waals surface area (Å²) in [7, 11) is 1.59. The van der Waals surface area contributed by atoms with Gasteiger partial charge in [0.25, 0.3) is 0 Å². The predicted molar refractivity (Wildman–Crippen MR) is 138 cm³/mol. The van der Waals surface area contributed by atoms with Crippen LogP contribution in [0.15, 0.2) is 54.6 Å². The fourth-order valence-corrected chi connectivity index (χ4v) is 3.47. The molecule has 0 unspecified atom stereocenters. The highest BCUT2D eigenvalue weighted by molar-refractivity contribution is 5.96. The molecule has 0 bridgehead atoms. The molecule has 2 N–H and O–H groups in total. The lowest BCUT2D eigenvalue weighted by atomic mass is 10.0. The number of carbonyl (C=O) groups excluding carboxylic acids is 3. The van der Waals surface area contributed by atoms with Gasteiger partial charge in [-0.05, 0) is 42.4 Å². The van der Waals surface area contributed by atoms with E-state index in [9.17, 15) is 14.4 Å². The molecule has 2 aromatic carbocycles. The van der Waals surface area contributed by atoms with Crippen molar-refractivity contribution in [3.63, 3.8) is 0 Å². The summed E-state index contributed by atoms with van der Waals surface area (Å²) in [6.45, 7) is 1.66. The van der Waals surface area contributed by atoms with Crippen LogP contribution in [-0.2, 0) is 47.9 Å². The minimum absolute atomic E-state index is 0.0134. The smallest absolute Gasteiger partial charge is 0.246 e. The molecule has 8 nitrogen and oxygen atoms in total. The molecule has 0 spiro atoms. The van der Waals surface area contributed by atoms with Crippen molar-refractivity contribution in [1.82, 2.24) is 10.6 Å². The van der Waals surface area contributed by atoms with Crippen molar-refractivity contribution >= 4 is 17.7 Å².